The highest BCUT2D eigenvalue weighted by Gasteiger charge is 2.18. The molecule has 10 aromatic rings. The number of thiophene rings is 1. The summed E-state index contributed by atoms with van der Waals surface area (Å²) in [5.74, 6) is 1.96. The molecule has 4 nitrogen and oxygen atoms in total. The van der Waals surface area contributed by atoms with Crippen molar-refractivity contribution in [2.45, 2.75) is 0 Å². The summed E-state index contributed by atoms with van der Waals surface area (Å²) < 4.78 is 2.43. The van der Waals surface area contributed by atoms with Gasteiger partial charge in [0.05, 0.1) is 5.52 Å². The van der Waals surface area contributed by atoms with Gasteiger partial charge in [-0.1, -0.05) is 115 Å². The van der Waals surface area contributed by atoms with E-state index in [0.29, 0.717) is 17.5 Å². The van der Waals surface area contributed by atoms with Crippen LogP contribution in [0.3, 0.4) is 0 Å². The van der Waals surface area contributed by atoms with Crippen LogP contribution in [0.25, 0.3) is 97.9 Å². The lowest BCUT2D eigenvalue weighted by Crippen LogP contribution is -2.01. The maximum atomic E-state index is 5.25. The Hall–Kier alpha value is -6.30. The van der Waals surface area contributed by atoms with Gasteiger partial charge in [0.25, 0.3) is 0 Å². The minimum Gasteiger partial charge on any atom is -0.256 e. The molecule has 0 aliphatic rings. The minimum atomic E-state index is 0.647. The molecule has 0 aliphatic carbocycles. The third-order valence-corrected chi connectivity index (χ3v) is 10.6. The largest absolute Gasteiger partial charge is 0.256 e. The first-order valence-electron chi connectivity index (χ1n) is 16.3. The van der Waals surface area contributed by atoms with E-state index in [9.17, 15) is 0 Å². The van der Waals surface area contributed by atoms with Crippen molar-refractivity contribution in [1.82, 2.24) is 19.9 Å². The van der Waals surface area contributed by atoms with Crippen LogP contribution in [0.2, 0.25) is 0 Å². The second-order valence-electron chi connectivity index (χ2n) is 12.3. The van der Waals surface area contributed by atoms with Crippen molar-refractivity contribution in [3.63, 3.8) is 0 Å². The Morgan fingerprint density at radius 1 is 0.388 bits per heavy atom. The number of benzene rings is 7. The summed E-state index contributed by atoms with van der Waals surface area (Å²) in [5.41, 5.74) is 6.14. The zero-order valence-corrected chi connectivity index (χ0v) is 27.0. The van der Waals surface area contributed by atoms with Crippen LogP contribution in [0.15, 0.2) is 158 Å². The van der Waals surface area contributed by atoms with Crippen molar-refractivity contribution in [1.29, 1.82) is 0 Å². The van der Waals surface area contributed by atoms with E-state index in [4.69, 9.17) is 15.0 Å². The van der Waals surface area contributed by atoms with Crippen molar-refractivity contribution in [2.24, 2.45) is 0 Å². The van der Waals surface area contributed by atoms with Crippen LogP contribution in [0.4, 0.5) is 0 Å². The first kappa shape index (κ1) is 27.8. The summed E-state index contributed by atoms with van der Waals surface area (Å²) in [6.45, 7) is 0. The molecule has 49 heavy (non-hydrogen) atoms. The normalized spacial score (nSPS) is 11.7. The van der Waals surface area contributed by atoms with Crippen LogP contribution in [-0.4, -0.2) is 19.9 Å². The van der Waals surface area contributed by atoms with E-state index in [1.807, 2.05) is 12.3 Å². The first-order valence-corrected chi connectivity index (χ1v) is 17.1. The average Bonchev–Trinajstić information content (AvgIpc) is 3.56. The van der Waals surface area contributed by atoms with Gasteiger partial charge in [0.1, 0.15) is 0 Å². The molecule has 0 saturated heterocycles. The van der Waals surface area contributed by atoms with Gasteiger partial charge in [0, 0.05) is 48.4 Å². The van der Waals surface area contributed by atoms with Crippen LogP contribution in [0.5, 0.6) is 0 Å². The lowest BCUT2D eigenvalue weighted by atomic mass is 9.97. The Kier molecular flexibility index (Phi) is 6.32. The maximum absolute atomic E-state index is 5.25. The molecule has 3 heterocycles. The fourth-order valence-corrected chi connectivity index (χ4v) is 8.10. The lowest BCUT2D eigenvalue weighted by molar-refractivity contribution is 1.08. The van der Waals surface area contributed by atoms with E-state index < -0.39 is 0 Å². The number of aromatic nitrogens is 4. The number of nitrogens with zero attached hydrogens (tertiary/aromatic N) is 4. The topological polar surface area (TPSA) is 51.6 Å². The summed E-state index contributed by atoms with van der Waals surface area (Å²) >= 11 is 1.79. The van der Waals surface area contributed by atoms with Crippen molar-refractivity contribution in [3.8, 4) is 45.3 Å². The highest BCUT2D eigenvalue weighted by molar-refractivity contribution is 7.26. The van der Waals surface area contributed by atoms with E-state index in [2.05, 4.69) is 151 Å². The molecular weight excluding hydrogens is 617 g/mol. The highest BCUT2D eigenvalue weighted by Crippen LogP contribution is 2.40. The zero-order chi connectivity index (χ0) is 32.3. The summed E-state index contributed by atoms with van der Waals surface area (Å²) in [5, 5.41) is 8.13. The van der Waals surface area contributed by atoms with Crippen molar-refractivity contribution in [2.75, 3.05) is 0 Å². The molecule has 0 unspecified atom stereocenters. The molecule has 0 aliphatic heterocycles. The molecule has 0 bridgehead atoms. The van der Waals surface area contributed by atoms with Gasteiger partial charge in [0.2, 0.25) is 0 Å². The average molecular weight is 643 g/mol. The van der Waals surface area contributed by atoms with Crippen molar-refractivity contribution < 1.29 is 0 Å². The molecule has 3 aromatic heterocycles. The highest BCUT2D eigenvalue weighted by atomic mass is 32.1. The third kappa shape index (κ3) is 4.74. The van der Waals surface area contributed by atoms with Crippen molar-refractivity contribution in [3.05, 3.63) is 158 Å². The Labute approximate surface area is 286 Å². The summed E-state index contributed by atoms with van der Waals surface area (Å²) in [6, 6.07) is 53.3. The Morgan fingerprint density at radius 3 is 1.98 bits per heavy atom. The number of hydrogen-bond acceptors (Lipinski definition) is 5. The van der Waals surface area contributed by atoms with Gasteiger partial charge in [-0.3, -0.25) is 4.98 Å². The van der Waals surface area contributed by atoms with Crippen LogP contribution >= 0.6 is 11.3 Å². The van der Waals surface area contributed by atoms with Crippen LogP contribution in [-0.2, 0) is 0 Å². The van der Waals surface area contributed by atoms with E-state index in [-0.39, 0.29) is 0 Å². The van der Waals surface area contributed by atoms with Gasteiger partial charge in [0.15, 0.2) is 17.5 Å². The van der Waals surface area contributed by atoms with E-state index in [1.54, 1.807) is 11.3 Å². The third-order valence-electron chi connectivity index (χ3n) is 9.35. The summed E-state index contributed by atoms with van der Waals surface area (Å²) in [6.07, 6.45) is 1.84. The van der Waals surface area contributed by atoms with Gasteiger partial charge >= 0.3 is 0 Å². The van der Waals surface area contributed by atoms with Gasteiger partial charge in [-0.2, -0.15) is 0 Å². The van der Waals surface area contributed by atoms with Crippen LogP contribution in [0.1, 0.15) is 0 Å². The van der Waals surface area contributed by atoms with Crippen LogP contribution < -0.4 is 0 Å². The standard InChI is InChI=1S/C44H26N4S/c1-2-9-30-24-33(22-17-27(30)8-1)42-46-43(48-44(47-42)37-15-6-13-35-34-12-3-4-16-40(34)49-41(35)37)36-14-5-10-28-18-20-31(25-38(28)36)32-21-19-29-11-7-23-45-39(29)26-32/h1-26H. The summed E-state index contributed by atoms with van der Waals surface area (Å²) in [7, 11) is 0. The molecule has 0 saturated carbocycles. The first-order chi connectivity index (χ1) is 24.2. The molecule has 0 fully saturated rings. The molecule has 10 rings (SSSR count). The number of hydrogen-bond donors (Lipinski definition) is 0. The molecule has 0 atom stereocenters. The Balaban J connectivity index is 1.21. The van der Waals surface area contributed by atoms with Crippen LogP contribution in [0, 0.1) is 0 Å². The van der Waals surface area contributed by atoms with Gasteiger partial charge in [-0.15, -0.1) is 11.3 Å². The molecule has 0 N–H and O–H groups in total. The predicted octanol–water partition coefficient (Wildman–Crippen LogP) is 11.8. The Morgan fingerprint density at radius 2 is 1.04 bits per heavy atom. The van der Waals surface area contributed by atoms with Gasteiger partial charge < -0.3 is 0 Å². The lowest BCUT2D eigenvalue weighted by Gasteiger charge is -2.12. The fraction of sp³-hybridized carbons (Fsp3) is 0. The summed E-state index contributed by atoms with van der Waals surface area (Å²) in [4.78, 5) is 20.2. The Bertz CT molecular complexity index is 2910. The van der Waals surface area contributed by atoms with Gasteiger partial charge in [-0.25, -0.2) is 15.0 Å². The SMILES string of the molecule is c1ccc2cc(-c3nc(-c4cccc5ccc(-c6ccc7cccnc7c6)cc45)nc(-c4cccc5c4sc4ccccc45)n3)ccc2c1. The monoisotopic (exact) mass is 642 g/mol. The van der Waals surface area contributed by atoms with E-state index in [1.165, 1.54) is 25.6 Å². The smallest absolute Gasteiger partial charge is 0.165 e. The second-order valence-corrected chi connectivity index (χ2v) is 13.4. The predicted molar refractivity (Wildman–Crippen MR) is 205 cm³/mol. The fourth-order valence-electron chi connectivity index (χ4n) is 6.89. The molecule has 0 amide bonds. The molecule has 228 valence electrons. The van der Waals surface area contributed by atoms with Gasteiger partial charge in [-0.05, 0) is 69.1 Å². The van der Waals surface area contributed by atoms with Crippen molar-refractivity contribution >= 4 is 64.0 Å². The second kappa shape index (κ2) is 11.2. The quantitative estimate of drug-likeness (QED) is 0.192. The van der Waals surface area contributed by atoms with E-state index in [0.717, 1.165) is 54.9 Å². The number of fused-ring (bicyclic) bond motifs is 6. The zero-order valence-electron chi connectivity index (χ0n) is 26.2. The molecule has 7 aromatic carbocycles. The molecule has 5 heteroatoms. The van der Waals surface area contributed by atoms with E-state index >= 15 is 0 Å². The number of rotatable bonds is 4. The minimum absolute atomic E-state index is 0.647. The molecule has 0 radical (unpaired) electrons. The maximum Gasteiger partial charge on any atom is 0.165 e. The molecule has 0 spiro atoms. The number of pyridine rings is 1. The molecular formula is C44H26N4S.